The molecule has 2 heterocycles. The maximum absolute atomic E-state index is 8.62. The van der Waals surface area contributed by atoms with Crippen molar-refractivity contribution in [3.8, 4) is 0 Å². The van der Waals surface area contributed by atoms with Gasteiger partial charge >= 0.3 is 0 Å². The van der Waals surface area contributed by atoms with Gasteiger partial charge in [0.15, 0.2) is 5.84 Å². The van der Waals surface area contributed by atoms with Gasteiger partial charge in [-0.25, -0.2) is 0 Å². The Hall–Kier alpha value is -1.66. The fourth-order valence-corrected chi connectivity index (χ4v) is 1.84. The largest absolute Gasteiger partial charge is 0.409 e. The Morgan fingerprint density at radius 3 is 3.29 bits per heavy atom. The summed E-state index contributed by atoms with van der Waals surface area (Å²) in [6.45, 7) is 2.85. The van der Waals surface area contributed by atoms with Crippen molar-refractivity contribution in [1.82, 2.24) is 9.88 Å². The van der Waals surface area contributed by atoms with Gasteiger partial charge in [-0.05, 0) is 11.6 Å². The highest BCUT2D eigenvalue weighted by atomic mass is 16.5. The van der Waals surface area contributed by atoms with Gasteiger partial charge in [0.1, 0.15) is 6.10 Å². The first-order chi connectivity index (χ1) is 8.29. The van der Waals surface area contributed by atoms with Gasteiger partial charge in [-0.3, -0.25) is 9.88 Å². The third kappa shape index (κ3) is 3.15. The minimum Gasteiger partial charge on any atom is -0.409 e. The topological polar surface area (TPSA) is 84.0 Å². The molecule has 2 rings (SSSR count). The summed E-state index contributed by atoms with van der Waals surface area (Å²) >= 11 is 0. The predicted molar refractivity (Wildman–Crippen MR) is 62.7 cm³/mol. The van der Waals surface area contributed by atoms with Crippen molar-refractivity contribution in [3.05, 3.63) is 30.1 Å². The van der Waals surface area contributed by atoms with E-state index in [9.17, 15) is 0 Å². The second-order valence-corrected chi connectivity index (χ2v) is 3.98. The van der Waals surface area contributed by atoms with E-state index in [1.54, 1.807) is 6.20 Å². The van der Waals surface area contributed by atoms with E-state index in [1.807, 2.05) is 18.3 Å². The molecule has 1 atom stereocenters. The highest BCUT2D eigenvalue weighted by molar-refractivity contribution is 5.84. The van der Waals surface area contributed by atoms with E-state index < -0.39 is 0 Å². The van der Waals surface area contributed by atoms with Crippen molar-refractivity contribution in [2.24, 2.45) is 10.9 Å². The van der Waals surface area contributed by atoms with Crippen molar-refractivity contribution in [1.29, 1.82) is 0 Å². The smallest absolute Gasteiger partial charge is 0.169 e. The van der Waals surface area contributed by atoms with Gasteiger partial charge < -0.3 is 15.7 Å². The van der Waals surface area contributed by atoms with Gasteiger partial charge in [0.2, 0.25) is 0 Å². The maximum atomic E-state index is 8.62. The molecule has 3 N–H and O–H groups in total. The van der Waals surface area contributed by atoms with E-state index in [-0.39, 0.29) is 11.9 Å². The second-order valence-electron chi connectivity index (χ2n) is 3.98. The van der Waals surface area contributed by atoms with Crippen molar-refractivity contribution < 1.29 is 9.94 Å². The van der Waals surface area contributed by atoms with E-state index >= 15 is 0 Å². The molecule has 0 saturated carbocycles. The molecule has 1 aromatic rings. The number of hydrogen-bond donors (Lipinski definition) is 2. The number of hydrogen-bond acceptors (Lipinski definition) is 5. The van der Waals surface area contributed by atoms with E-state index in [0.717, 1.165) is 18.7 Å². The van der Waals surface area contributed by atoms with Crippen molar-refractivity contribution in [2.75, 3.05) is 19.7 Å². The molecule has 0 aromatic carbocycles. The normalized spacial score (nSPS) is 22.6. The molecular weight excluding hydrogens is 220 g/mol. The lowest BCUT2D eigenvalue weighted by Gasteiger charge is -2.32. The number of nitrogens with two attached hydrogens (primary N) is 1. The minimum atomic E-state index is -0.328. The number of oxime groups is 1. The van der Waals surface area contributed by atoms with Crippen molar-refractivity contribution >= 4 is 5.84 Å². The Kier molecular flexibility index (Phi) is 3.89. The van der Waals surface area contributed by atoms with Gasteiger partial charge in [0.25, 0.3) is 0 Å². The van der Waals surface area contributed by atoms with Crippen LogP contribution in [0.1, 0.15) is 5.56 Å². The number of aromatic nitrogens is 1. The van der Waals surface area contributed by atoms with Gasteiger partial charge in [-0.1, -0.05) is 11.2 Å². The van der Waals surface area contributed by atoms with Gasteiger partial charge in [0.05, 0.1) is 6.61 Å². The molecule has 1 aliphatic rings. The maximum Gasteiger partial charge on any atom is 0.169 e. The summed E-state index contributed by atoms with van der Waals surface area (Å²) in [5, 5.41) is 11.6. The summed E-state index contributed by atoms with van der Waals surface area (Å²) in [6.07, 6.45) is 3.26. The number of rotatable bonds is 3. The lowest BCUT2D eigenvalue weighted by atomic mass is 10.2. The molecule has 0 spiro atoms. The Bertz CT molecular complexity index is 382. The van der Waals surface area contributed by atoms with E-state index in [2.05, 4.69) is 15.0 Å². The molecule has 6 nitrogen and oxygen atoms in total. The highest BCUT2D eigenvalue weighted by Crippen LogP contribution is 2.09. The molecule has 6 heteroatoms. The van der Waals surface area contributed by atoms with Crippen LogP contribution >= 0.6 is 0 Å². The lowest BCUT2D eigenvalue weighted by Crippen LogP contribution is -2.48. The molecule has 1 unspecified atom stereocenters. The van der Waals surface area contributed by atoms with Crippen LogP contribution in [0.25, 0.3) is 0 Å². The fraction of sp³-hybridized carbons (Fsp3) is 0.455. The first-order valence-electron chi connectivity index (χ1n) is 5.50. The molecule has 1 fully saturated rings. The number of pyridine rings is 1. The van der Waals surface area contributed by atoms with E-state index in [1.165, 1.54) is 0 Å². The average Bonchev–Trinajstić information content (AvgIpc) is 2.39. The summed E-state index contributed by atoms with van der Waals surface area (Å²) in [5.41, 5.74) is 6.69. The third-order valence-electron chi connectivity index (χ3n) is 2.72. The fourth-order valence-electron chi connectivity index (χ4n) is 1.84. The molecule has 17 heavy (non-hydrogen) atoms. The first kappa shape index (κ1) is 11.8. The molecule has 0 amide bonds. The zero-order valence-corrected chi connectivity index (χ0v) is 9.49. The summed E-state index contributed by atoms with van der Waals surface area (Å²) < 4.78 is 5.43. The molecule has 0 radical (unpaired) electrons. The van der Waals surface area contributed by atoms with Crippen LogP contribution in [-0.4, -0.2) is 46.7 Å². The molecular formula is C11H16N4O2. The van der Waals surface area contributed by atoms with Crippen molar-refractivity contribution in [2.45, 2.75) is 12.6 Å². The minimum absolute atomic E-state index is 0.126. The molecule has 1 saturated heterocycles. The van der Waals surface area contributed by atoms with Crippen LogP contribution in [0.3, 0.4) is 0 Å². The zero-order valence-electron chi connectivity index (χ0n) is 9.49. The van der Waals surface area contributed by atoms with Crippen LogP contribution in [-0.2, 0) is 11.3 Å². The number of ether oxygens (including phenoxy) is 1. The summed E-state index contributed by atoms with van der Waals surface area (Å²) in [5.74, 6) is 0.126. The lowest BCUT2D eigenvalue weighted by molar-refractivity contribution is 0.00138. The Morgan fingerprint density at radius 1 is 1.71 bits per heavy atom. The van der Waals surface area contributed by atoms with E-state index in [4.69, 9.17) is 15.7 Å². The van der Waals surface area contributed by atoms with Gasteiger partial charge in [0, 0.05) is 32.0 Å². The third-order valence-corrected chi connectivity index (χ3v) is 2.72. The van der Waals surface area contributed by atoms with Crippen molar-refractivity contribution in [3.63, 3.8) is 0 Å². The molecule has 1 aromatic heterocycles. The second kappa shape index (κ2) is 5.60. The molecule has 92 valence electrons. The summed E-state index contributed by atoms with van der Waals surface area (Å²) in [6, 6.07) is 3.94. The number of morpholine rings is 1. The summed E-state index contributed by atoms with van der Waals surface area (Å²) in [7, 11) is 0. The van der Waals surface area contributed by atoms with Gasteiger partial charge in [-0.15, -0.1) is 0 Å². The van der Waals surface area contributed by atoms with Crippen LogP contribution in [0.15, 0.2) is 29.7 Å². The van der Waals surface area contributed by atoms with Crippen LogP contribution in [0, 0.1) is 0 Å². The molecule has 0 aliphatic carbocycles. The standard InChI is InChI=1S/C11H16N4O2/c12-11(14-16)10-8-15(4-5-17-10)7-9-2-1-3-13-6-9/h1-3,6,10,16H,4-5,7-8H2,(H2,12,14). The Morgan fingerprint density at radius 2 is 2.59 bits per heavy atom. The number of amidine groups is 1. The van der Waals surface area contributed by atoms with Crippen LogP contribution in [0.2, 0.25) is 0 Å². The quantitative estimate of drug-likeness (QED) is 0.335. The zero-order chi connectivity index (χ0) is 12.1. The monoisotopic (exact) mass is 236 g/mol. The van der Waals surface area contributed by atoms with E-state index in [0.29, 0.717) is 13.2 Å². The highest BCUT2D eigenvalue weighted by Gasteiger charge is 2.23. The SMILES string of the molecule is N/C(=N\O)C1CN(Cc2cccnc2)CCO1. The average molecular weight is 236 g/mol. The Balaban J connectivity index is 1.94. The number of nitrogens with zero attached hydrogens (tertiary/aromatic N) is 3. The predicted octanol–water partition coefficient (Wildman–Crippen LogP) is 0.0288. The van der Waals surface area contributed by atoms with Crippen LogP contribution in [0.4, 0.5) is 0 Å². The summed E-state index contributed by atoms with van der Waals surface area (Å²) in [4.78, 5) is 6.27. The molecule has 0 bridgehead atoms. The van der Waals surface area contributed by atoms with Crippen LogP contribution < -0.4 is 5.73 Å². The first-order valence-corrected chi connectivity index (χ1v) is 5.50. The van der Waals surface area contributed by atoms with Crippen LogP contribution in [0.5, 0.6) is 0 Å². The molecule has 1 aliphatic heterocycles. The Labute approximate surface area is 99.7 Å². The van der Waals surface area contributed by atoms with Gasteiger partial charge in [-0.2, -0.15) is 0 Å².